The topological polar surface area (TPSA) is 200 Å². The van der Waals surface area contributed by atoms with Crippen LogP contribution in [0.1, 0.15) is 38.8 Å². The van der Waals surface area contributed by atoms with Crippen molar-refractivity contribution in [2.24, 2.45) is 5.73 Å². The molecule has 15 heteroatoms. The Balaban J connectivity index is 1.89. The highest BCUT2D eigenvalue weighted by Gasteiger charge is 2.44. The van der Waals surface area contributed by atoms with E-state index in [1.54, 1.807) is 64.1 Å². The normalized spacial score (nSPS) is 23.0. The number of carbonyl (C=O) groups excluding carboxylic acids is 4. The number of carboxylic acid groups (broad SMARTS) is 1. The molecule has 3 rings (SSSR count). The zero-order valence-electron chi connectivity index (χ0n) is 25.3. The molecule has 0 bridgehead atoms. The SMILES string of the molecule is CC1(C)SSC(C)(C)[C@H](C(=O)O)NC(=O)[C@H](Cc2ccc(Br)cc2)NC(=O)CNC(=O)C1NC(=O)[C@@H](N)Cc1ccc(O)cc1. The number of carbonyl (C=O) groups is 5. The number of phenols is 1. The van der Waals surface area contributed by atoms with E-state index in [2.05, 4.69) is 37.2 Å². The van der Waals surface area contributed by atoms with Gasteiger partial charge in [0.05, 0.1) is 17.3 Å². The molecule has 0 aliphatic carbocycles. The van der Waals surface area contributed by atoms with Gasteiger partial charge in [-0.15, -0.1) is 0 Å². The molecule has 244 valence electrons. The number of amides is 4. The minimum absolute atomic E-state index is 0.0676. The molecule has 0 spiro atoms. The zero-order valence-corrected chi connectivity index (χ0v) is 28.5. The van der Waals surface area contributed by atoms with Gasteiger partial charge in [-0.3, -0.25) is 19.2 Å². The summed E-state index contributed by atoms with van der Waals surface area (Å²) in [6.45, 7) is 6.19. The van der Waals surface area contributed by atoms with Crippen molar-refractivity contribution in [3.8, 4) is 5.75 Å². The van der Waals surface area contributed by atoms with Gasteiger partial charge in [0.25, 0.3) is 0 Å². The van der Waals surface area contributed by atoms with Crippen molar-refractivity contribution in [3.63, 3.8) is 0 Å². The Labute approximate surface area is 278 Å². The van der Waals surface area contributed by atoms with Gasteiger partial charge in [0.2, 0.25) is 23.6 Å². The van der Waals surface area contributed by atoms with Crippen molar-refractivity contribution < 1.29 is 34.2 Å². The van der Waals surface area contributed by atoms with Crippen LogP contribution < -0.4 is 27.0 Å². The van der Waals surface area contributed by atoms with E-state index in [0.29, 0.717) is 11.1 Å². The molecule has 2 aromatic rings. The van der Waals surface area contributed by atoms with Crippen LogP contribution in [-0.2, 0) is 36.8 Å². The second-order valence-corrected chi connectivity index (χ2v) is 16.1. The Hall–Kier alpha value is -3.27. The van der Waals surface area contributed by atoms with Gasteiger partial charge in [-0.25, -0.2) is 4.79 Å². The van der Waals surface area contributed by atoms with Crippen LogP contribution in [0.4, 0.5) is 0 Å². The maximum Gasteiger partial charge on any atom is 0.327 e. The predicted octanol–water partition coefficient (Wildman–Crippen LogP) is 1.87. The summed E-state index contributed by atoms with van der Waals surface area (Å²) in [6.07, 6.45) is 0.204. The molecule has 1 aliphatic rings. The number of nitrogens with two attached hydrogens (primary N) is 1. The molecule has 8 N–H and O–H groups in total. The molecule has 1 aliphatic heterocycles. The number of carboxylic acids is 1. The number of hydrogen-bond acceptors (Lipinski definition) is 9. The monoisotopic (exact) mass is 723 g/mol. The van der Waals surface area contributed by atoms with Crippen LogP contribution in [0, 0.1) is 0 Å². The summed E-state index contributed by atoms with van der Waals surface area (Å²) in [5.41, 5.74) is 7.59. The Kier molecular flexibility index (Phi) is 12.3. The molecular formula is C30H38BrN5O7S2. The fraction of sp³-hybridized carbons (Fsp3) is 0.433. The van der Waals surface area contributed by atoms with Crippen molar-refractivity contribution in [1.82, 2.24) is 21.3 Å². The van der Waals surface area contributed by atoms with E-state index in [1.165, 1.54) is 12.1 Å². The van der Waals surface area contributed by atoms with E-state index in [-0.39, 0.29) is 18.6 Å². The highest BCUT2D eigenvalue weighted by Crippen LogP contribution is 2.46. The number of halogens is 1. The first-order valence-corrected chi connectivity index (χ1v) is 17.0. The minimum Gasteiger partial charge on any atom is -0.508 e. The van der Waals surface area contributed by atoms with E-state index in [9.17, 15) is 34.2 Å². The van der Waals surface area contributed by atoms with E-state index >= 15 is 0 Å². The van der Waals surface area contributed by atoms with E-state index in [4.69, 9.17) is 5.73 Å². The van der Waals surface area contributed by atoms with Crippen LogP contribution in [0.3, 0.4) is 0 Å². The van der Waals surface area contributed by atoms with E-state index < -0.39 is 69.8 Å². The lowest BCUT2D eigenvalue weighted by Crippen LogP contribution is -2.61. The van der Waals surface area contributed by atoms with Gasteiger partial charge in [-0.1, -0.05) is 61.8 Å². The average Bonchev–Trinajstić information content (AvgIpc) is 2.97. The van der Waals surface area contributed by atoms with Crippen LogP contribution in [0.2, 0.25) is 0 Å². The number of rotatable bonds is 7. The molecule has 2 aromatic carbocycles. The smallest absolute Gasteiger partial charge is 0.327 e. The Morgan fingerprint density at radius 2 is 1.53 bits per heavy atom. The third-order valence-electron chi connectivity index (χ3n) is 7.10. The summed E-state index contributed by atoms with van der Waals surface area (Å²) in [5.74, 6) is -3.85. The fourth-order valence-corrected chi connectivity index (χ4v) is 7.53. The van der Waals surface area contributed by atoms with E-state index in [0.717, 1.165) is 26.1 Å². The maximum absolute atomic E-state index is 13.5. The zero-order chi connectivity index (χ0) is 33.5. The summed E-state index contributed by atoms with van der Waals surface area (Å²) in [5, 5.41) is 30.1. The minimum atomic E-state index is -1.37. The number of nitrogens with one attached hydrogen (secondary N) is 4. The number of benzene rings is 2. The van der Waals surface area contributed by atoms with Crippen LogP contribution in [0.15, 0.2) is 53.0 Å². The fourth-order valence-electron chi connectivity index (χ4n) is 4.45. The van der Waals surface area contributed by atoms with Crippen molar-refractivity contribution in [3.05, 3.63) is 64.1 Å². The second-order valence-electron chi connectivity index (χ2n) is 11.7. The van der Waals surface area contributed by atoms with Crippen LogP contribution in [-0.4, -0.2) is 80.0 Å². The van der Waals surface area contributed by atoms with Gasteiger partial charge in [-0.05, 0) is 69.5 Å². The second kappa shape index (κ2) is 15.3. The van der Waals surface area contributed by atoms with Crippen molar-refractivity contribution in [2.45, 2.75) is 74.2 Å². The summed E-state index contributed by atoms with van der Waals surface area (Å²) in [7, 11) is 2.31. The molecule has 0 saturated carbocycles. The lowest BCUT2D eigenvalue weighted by Gasteiger charge is -2.38. The van der Waals surface area contributed by atoms with Gasteiger partial charge >= 0.3 is 5.97 Å². The van der Waals surface area contributed by atoms with Crippen LogP contribution >= 0.6 is 37.5 Å². The summed E-state index contributed by atoms with van der Waals surface area (Å²) >= 11 is 3.36. The number of hydrogen-bond donors (Lipinski definition) is 7. The molecule has 4 atom stereocenters. The number of phenolic OH excluding ortho intramolecular Hbond substituents is 1. The summed E-state index contributed by atoms with van der Waals surface area (Å²) < 4.78 is -1.33. The summed E-state index contributed by atoms with van der Waals surface area (Å²) in [6, 6.07) is 8.59. The first kappa shape index (κ1) is 36.2. The van der Waals surface area contributed by atoms with Gasteiger partial charge in [0, 0.05) is 15.6 Å². The Bertz CT molecular complexity index is 1410. The standard InChI is InChI=1S/C30H38BrN5O7S2/c1-29(2)23(35-25(39)20(32)13-16-7-11-19(37)12-8-16)27(41)33-15-22(38)34-21(14-17-5-9-18(31)10-6-17)26(40)36-24(28(42)43)30(3,4)45-44-29/h5-12,20-21,23-24,37H,13-15,32H2,1-4H3,(H,33,41)(H,34,38)(H,35,39)(H,36,40)(H,42,43)/t20-,21-,23?,24-/m0/s1. The van der Waals surface area contributed by atoms with Crippen molar-refractivity contribution in [1.29, 1.82) is 0 Å². The Morgan fingerprint density at radius 3 is 2.13 bits per heavy atom. The molecule has 1 heterocycles. The Morgan fingerprint density at radius 1 is 0.956 bits per heavy atom. The molecule has 0 radical (unpaired) electrons. The molecule has 45 heavy (non-hydrogen) atoms. The molecule has 1 fully saturated rings. The largest absolute Gasteiger partial charge is 0.508 e. The molecule has 12 nitrogen and oxygen atoms in total. The molecule has 4 amide bonds. The van der Waals surface area contributed by atoms with Gasteiger partial charge in [0.15, 0.2) is 0 Å². The first-order chi connectivity index (χ1) is 21.0. The third-order valence-corrected chi connectivity index (χ3v) is 11.9. The van der Waals surface area contributed by atoms with Crippen molar-refractivity contribution in [2.75, 3.05) is 6.54 Å². The average molecular weight is 725 g/mol. The third kappa shape index (κ3) is 10.4. The molecule has 1 saturated heterocycles. The van der Waals surface area contributed by atoms with Gasteiger partial charge in [0.1, 0.15) is 23.9 Å². The lowest BCUT2D eigenvalue weighted by molar-refractivity contribution is -0.143. The molecular weight excluding hydrogens is 686 g/mol. The van der Waals surface area contributed by atoms with E-state index in [1.807, 2.05) is 0 Å². The quantitative estimate of drug-likeness (QED) is 0.207. The highest BCUT2D eigenvalue weighted by atomic mass is 79.9. The number of aromatic hydroxyl groups is 1. The van der Waals surface area contributed by atoms with Gasteiger partial charge in [-0.2, -0.15) is 0 Å². The number of aliphatic carboxylic acids is 1. The lowest BCUT2D eigenvalue weighted by atomic mass is 10.00. The predicted molar refractivity (Wildman–Crippen MR) is 177 cm³/mol. The highest BCUT2D eigenvalue weighted by molar-refractivity contribution is 9.10. The molecule has 0 aromatic heterocycles. The first-order valence-electron chi connectivity index (χ1n) is 14.0. The van der Waals surface area contributed by atoms with Crippen LogP contribution in [0.5, 0.6) is 5.75 Å². The van der Waals surface area contributed by atoms with Gasteiger partial charge < -0.3 is 37.2 Å². The van der Waals surface area contributed by atoms with Crippen molar-refractivity contribution >= 4 is 67.1 Å². The van der Waals surface area contributed by atoms with Crippen LogP contribution in [0.25, 0.3) is 0 Å². The molecule has 1 unspecified atom stereocenters. The summed E-state index contributed by atoms with van der Waals surface area (Å²) in [4.78, 5) is 65.6. The maximum atomic E-state index is 13.5.